The molecule has 0 aromatic heterocycles. The number of rotatable bonds is 18. The van der Waals surface area contributed by atoms with Crippen LogP contribution in [0.4, 0.5) is 0 Å². The van der Waals surface area contributed by atoms with Crippen LogP contribution >= 0.6 is 0 Å². The number of esters is 2. The summed E-state index contributed by atoms with van der Waals surface area (Å²) in [5, 5.41) is 0. The van der Waals surface area contributed by atoms with E-state index < -0.39 is 0 Å². The van der Waals surface area contributed by atoms with Gasteiger partial charge in [-0.15, -0.1) is 0 Å². The number of carbonyl (C=O) groups excluding carboxylic acids is 2. The maximum Gasteiger partial charge on any atom is 0.306 e. The van der Waals surface area contributed by atoms with Gasteiger partial charge in [-0.3, -0.25) is 9.59 Å². The van der Waals surface area contributed by atoms with Gasteiger partial charge in [0.05, 0.1) is 12.7 Å². The number of hydrogen-bond acceptors (Lipinski definition) is 4. The predicted molar refractivity (Wildman–Crippen MR) is 112 cm³/mol. The van der Waals surface area contributed by atoms with Crippen LogP contribution in [0, 0.1) is 5.92 Å². The van der Waals surface area contributed by atoms with Crippen molar-refractivity contribution in [3.05, 3.63) is 0 Å². The van der Waals surface area contributed by atoms with Gasteiger partial charge in [0.1, 0.15) is 0 Å². The highest BCUT2D eigenvalue weighted by Crippen LogP contribution is 2.14. The van der Waals surface area contributed by atoms with E-state index in [0.29, 0.717) is 31.8 Å². The van der Waals surface area contributed by atoms with Crippen molar-refractivity contribution in [1.29, 1.82) is 0 Å². The molecular formula is C23H44O4. The van der Waals surface area contributed by atoms with Gasteiger partial charge in [0.15, 0.2) is 0 Å². The first kappa shape index (κ1) is 25.9. The van der Waals surface area contributed by atoms with E-state index in [1.54, 1.807) is 0 Å². The Hall–Kier alpha value is -1.06. The Morgan fingerprint density at radius 3 is 2.04 bits per heavy atom. The average molecular weight is 385 g/mol. The van der Waals surface area contributed by atoms with Crippen LogP contribution in [0.1, 0.15) is 118 Å². The molecule has 2 unspecified atom stereocenters. The Morgan fingerprint density at radius 2 is 1.37 bits per heavy atom. The van der Waals surface area contributed by atoms with Crippen molar-refractivity contribution in [2.75, 3.05) is 6.61 Å². The summed E-state index contributed by atoms with van der Waals surface area (Å²) in [7, 11) is 0. The third-order valence-corrected chi connectivity index (χ3v) is 5.08. The molecule has 2 atom stereocenters. The maximum absolute atomic E-state index is 11.9. The van der Waals surface area contributed by atoms with E-state index in [2.05, 4.69) is 20.8 Å². The highest BCUT2D eigenvalue weighted by Gasteiger charge is 2.13. The Morgan fingerprint density at radius 1 is 0.741 bits per heavy atom. The minimum absolute atomic E-state index is 0.0282. The summed E-state index contributed by atoms with van der Waals surface area (Å²) >= 11 is 0. The maximum atomic E-state index is 11.9. The second-order valence-corrected chi connectivity index (χ2v) is 7.81. The van der Waals surface area contributed by atoms with Crippen molar-refractivity contribution >= 4 is 11.9 Å². The number of carbonyl (C=O) groups is 2. The molecule has 4 heteroatoms. The SMILES string of the molecule is CCCCCCCCC(C)OC(=O)CCCC(=O)OCC(CC)CCCC. The summed E-state index contributed by atoms with van der Waals surface area (Å²) < 4.78 is 10.8. The lowest BCUT2D eigenvalue weighted by atomic mass is 10.0. The van der Waals surface area contributed by atoms with Gasteiger partial charge in [-0.1, -0.05) is 72.1 Å². The molecule has 160 valence electrons. The van der Waals surface area contributed by atoms with E-state index >= 15 is 0 Å². The van der Waals surface area contributed by atoms with Crippen LogP contribution in [0.2, 0.25) is 0 Å². The summed E-state index contributed by atoms with van der Waals surface area (Å²) in [6.45, 7) is 8.99. The molecule has 0 bridgehead atoms. The smallest absolute Gasteiger partial charge is 0.306 e. The van der Waals surface area contributed by atoms with Crippen LogP contribution in [0.3, 0.4) is 0 Å². The second kappa shape index (κ2) is 18.3. The van der Waals surface area contributed by atoms with Gasteiger partial charge < -0.3 is 9.47 Å². The van der Waals surface area contributed by atoms with Crippen molar-refractivity contribution in [2.24, 2.45) is 5.92 Å². The van der Waals surface area contributed by atoms with Crippen molar-refractivity contribution in [3.8, 4) is 0 Å². The third-order valence-electron chi connectivity index (χ3n) is 5.08. The molecule has 0 saturated carbocycles. The second-order valence-electron chi connectivity index (χ2n) is 7.81. The molecule has 0 amide bonds. The molecule has 0 heterocycles. The fourth-order valence-corrected chi connectivity index (χ4v) is 3.11. The highest BCUT2D eigenvalue weighted by atomic mass is 16.5. The lowest BCUT2D eigenvalue weighted by molar-refractivity contribution is -0.149. The van der Waals surface area contributed by atoms with Gasteiger partial charge in [-0.05, 0) is 38.5 Å². The van der Waals surface area contributed by atoms with E-state index in [4.69, 9.17) is 9.47 Å². The zero-order chi connectivity index (χ0) is 20.3. The van der Waals surface area contributed by atoms with Crippen LogP contribution in [0.15, 0.2) is 0 Å². The van der Waals surface area contributed by atoms with Crippen molar-refractivity contribution in [2.45, 2.75) is 124 Å². The standard InChI is InChI=1S/C23H44O4/c1-5-8-10-11-12-13-15-20(4)27-23(25)18-14-17-22(24)26-19-21(7-3)16-9-6-2/h20-21H,5-19H2,1-4H3. The number of ether oxygens (including phenoxy) is 2. The molecule has 0 radical (unpaired) electrons. The largest absolute Gasteiger partial charge is 0.465 e. The Balaban J connectivity index is 3.69. The molecule has 0 aromatic rings. The summed E-state index contributed by atoms with van der Waals surface area (Å²) in [6, 6.07) is 0. The van der Waals surface area contributed by atoms with Crippen molar-refractivity contribution in [3.63, 3.8) is 0 Å². The van der Waals surface area contributed by atoms with Crippen LogP contribution < -0.4 is 0 Å². The first-order chi connectivity index (χ1) is 13.0. The van der Waals surface area contributed by atoms with E-state index in [9.17, 15) is 9.59 Å². The molecule has 27 heavy (non-hydrogen) atoms. The lowest BCUT2D eigenvalue weighted by Crippen LogP contribution is -2.16. The molecule has 4 nitrogen and oxygen atoms in total. The molecule has 0 fully saturated rings. The summed E-state index contributed by atoms with van der Waals surface area (Å²) in [5.41, 5.74) is 0. The Kier molecular flexibility index (Phi) is 17.6. The molecule has 0 rings (SSSR count). The number of hydrogen-bond donors (Lipinski definition) is 0. The third kappa shape index (κ3) is 16.8. The van der Waals surface area contributed by atoms with Gasteiger partial charge in [-0.25, -0.2) is 0 Å². The topological polar surface area (TPSA) is 52.6 Å². The summed E-state index contributed by atoms with van der Waals surface area (Å²) in [5.74, 6) is 0.0650. The first-order valence-electron chi connectivity index (χ1n) is 11.4. The summed E-state index contributed by atoms with van der Waals surface area (Å²) in [6.07, 6.45) is 14.0. The van der Waals surface area contributed by atoms with Crippen molar-refractivity contribution < 1.29 is 19.1 Å². The molecule has 0 aliphatic heterocycles. The van der Waals surface area contributed by atoms with E-state index in [1.165, 1.54) is 44.9 Å². The van der Waals surface area contributed by atoms with Crippen LogP contribution in [0.5, 0.6) is 0 Å². The van der Waals surface area contributed by atoms with Crippen LogP contribution in [0.25, 0.3) is 0 Å². The molecule has 0 N–H and O–H groups in total. The predicted octanol–water partition coefficient (Wildman–Crippen LogP) is 6.60. The molecular weight excluding hydrogens is 340 g/mol. The zero-order valence-corrected chi connectivity index (χ0v) is 18.4. The van der Waals surface area contributed by atoms with Crippen LogP contribution in [-0.4, -0.2) is 24.6 Å². The fraction of sp³-hybridized carbons (Fsp3) is 0.913. The quantitative estimate of drug-likeness (QED) is 0.197. The normalized spacial score (nSPS) is 13.2. The van der Waals surface area contributed by atoms with Crippen LogP contribution in [-0.2, 0) is 19.1 Å². The van der Waals surface area contributed by atoms with E-state index in [-0.39, 0.29) is 18.0 Å². The molecule has 0 spiro atoms. The fourth-order valence-electron chi connectivity index (χ4n) is 3.11. The van der Waals surface area contributed by atoms with Gasteiger partial charge >= 0.3 is 11.9 Å². The van der Waals surface area contributed by atoms with Gasteiger partial charge in [0.2, 0.25) is 0 Å². The van der Waals surface area contributed by atoms with Gasteiger partial charge in [0, 0.05) is 12.8 Å². The minimum Gasteiger partial charge on any atom is -0.465 e. The first-order valence-corrected chi connectivity index (χ1v) is 11.4. The summed E-state index contributed by atoms with van der Waals surface area (Å²) in [4.78, 5) is 23.7. The molecule has 0 aliphatic rings. The number of unbranched alkanes of at least 4 members (excludes halogenated alkanes) is 6. The highest BCUT2D eigenvalue weighted by molar-refractivity contribution is 5.72. The van der Waals surface area contributed by atoms with Gasteiger partial charge in [0.25, 0.3) is 0 Å². The van der Waals surface area contributed by atoms with E-state index in [0.717, 1.165) is 25.7 Å². The van der Waals surface area contributed by atoms with Crippen molar-refractivity contribution in [1.82, 2.24) is 0 Å². The average Bonchev–Trinajstić information content (AvgIpc) is 2.64. The van der Waals surface area contributed by atoms with Gasteiger partial charge in [-0.2, -0.15) is 0 Å². The Labute approximate surface area is 167 Å². The zero-order valence-electron chi connectivity index (χ0n) is 18.4. The Bertz CT molecular complexity index is 367. The molecule has 0 aromatic carbocycles. The van der Waals surface area contributed by atoms with E-state index in [1.807, 2.05) is 6.92 Å². The molecule has 0 saturated heterocycles. The minimum atomic E-state index is -0.198. The molecule has 0 aliphatic carbocycles. The lowest BCUT2D eigenvalue weighted by Gasteiger charge is -2.15. The monoisotopic (exact) mass is 384 g/mol.